The first-order chi connectivity index (χ1) is 8.99. The first kappa shape index (κ1) is 14.1. The Bertz CT molecular complexity index is 539. The normalized spacial score (nSPS) is 19.7. The van der Waals surface area contributed by atoms with Crippen LogP contribution in [0.2, 0.25) is 0 Å². The number of nitrogens with one attached hydrogen (secondary N) is 1. The molecule has 1 unspecified atom stereocenters. The molecule has 0 aromatic heterocycles. The monoisotopic (exact) mass is 286 g/mol. The molecule has 0 bridgehead atoms. The van der Waals surface area contributed by atoms with Crippen LogP contribution in [0, 0.1) is 5.92 Å². The third-order valence-corrected chi connectivity index (χ3v) is 4.64. The molecule has 0 radical (unpaired) electrons. The quantitative estimate of drug-likeness (QED) is 0.546. The summed E-state index contributed by atoms with van der Waals surface area (Å²) in [5.41, 5.74) is 5.53. The van der Waals surface area contributed by atoms with E-state index in [4.69, 9.17) is 10.5 Å². The third-order valence-electron chi connectivity index (χ3n) is 3.18. The molecule has 0 amide bonds. The molecule has 0 aliphatic carbocycles. The number of hydrogen-bond acceptors (Lipinski definition) is 5. The van der Waals surface area contributed by atoms with E-state index in [0.29, 0.717) is 19.1 Å². The van der Waals surface area contributed by atoms with Crippen molar-refractivity contribution in [2.45, 2.75) is 17.7 Å². The summed E-state index contributed by atoms with van der Waals surface area (Å²) in [7, 11) is -3.57. The van der Waals surface area contributed by atoms with Crippen molar-refractivity contribution in [2.75, 3.05) is 25.5 Å². The van der Waals surface area contributed by atoms with Gasteiger partial charge in [-0.3, -0.25) is 0 Å². The van der Waals surface area contributed by atoms with Crippen LogP contribution < -0.4 is 10.5 Å². The Morgan fingerprint density at radius 3 is 2.89 bits per heavy atom. The van der Waals surface area contributed by atoms with Crippen molar-refractivity contribution in [2.24, 2.45) is 5.92 Å². The molecule has 1 fully saturated rings. The highest BCUT2D eigenvalue weighted by Crippen LogP contribution is 2.23. The number of nitrogens with two attached hydrogens (primary N) is 1. The van der Waals surface area contributed by atoms with E-state index in [9.17, 15) is 13.5 Å². The number of phenols is 1. The standard InChI is InChI=1S/C12H18N2O4S/c13-11-7-10(1-2-12(11)15)19(16,17)14-5-3-9-4-6-18-8-9/h1-2,7,9,14-15H,3-6,8,13H2. The van der Waals surface area contributed by atoms with Gasteiger partial charge in [-0.05, 0) is 37.0 Å². The molecule has 1 aliphatic rings. The third kappa shape index (κ3) is 3.59. The number of anilines is 1. The summed E-state index contributed by atoms with van der Waals surface area (Å²) in [5, 5.41) is 9.27. The molecule has 6 nitrogen and oxygen atoms in total. The SMILES string of the molecule is Nc1cc(S(=O)(=O)NCCC2CCOC2)ccc1O. The van der Waals surface area contributed by atoms with Crippen molar-refractivity contribution in [3.63, 3.8) is 0 Å². The Hall–Kier alpha value is -1.31. The lowest BCUT2D eigenvalue weighted by molar-refractivity contribution is 0.184. The van der Waals surface area contributed by atoms with Gasteiger partial charge < -0.3 is 15.6 Å². The van der Waals surface area contributed by atoms with Gasteiger partial charge in [-0.2, -0.15) is 0 Å². The van der Waals surface area contributed by atoms with Gasteiger partial charge in [-0.25, -0.2) is 13.1 Å². The zero-order valence-electron chi connectivity index (χ0n) is 10.5. The summed E-state index contributed by atoms with van der Waals surface area (Å²) in [4.78, 5) is 0.0606. The van der Waals surface area contributed by atoms with E-state index in [0.717, 1.165) is 19.4 Å². The molecular weight excluding hydrogens is 268 g/mol. The fourth-order valence-electron chi connectivity index (χ4n) is 1.99. The van der Waals surface area contributed by atoms with Crippen LogP contribution >= 0.6 is 0 Å². The van der Waals surface area contributed by atoms with E-state index < -0.39 is 10.0 Å². The minimum absolute atomic E-state index is 0.0482. The highest BCUT2D eigenvalue weighted by Gasteiger charge is 2.18. The van der Waals surface area contributed by atoms with Crippen LogP contribution in [0.1, 0.15) is 12.8 Å². The van der Waals surface area contributed by atoms with Crippen molar-refractivity contribution in [1.82, 2.24) is 4.72 Å². The predicted octanol–water partition coefficient (Wildman–Crippen LogP) is 0.679. The van der Waals surface area contributed by atoms with Gasteiger partial charge >= 0.3 is 0 Å². The first-order valence-electron chi connectivity index (χ1n) is 6.15. The summed E-state index contributed by atoms with van der Waals surface area (Å²) >= 11 is 0. The number of phenolic OH excluding ortho intramolecular Hbond substituents is 1. The van der Waals surface area contributed by atoms with Gasteiger partial charge in [0.1, 0.15) is 5.75 Å². The second kappa shape index (κ2) is 5.77. The summed E-state index contributed by atoms with van der Waals surface area (Å²) in [6.07, 6.45) is 1.74. The summed E-state index contributed by atoms with van der Waals surface area (Å²) in [6, 6.07) is 3.84. The number of benzene rings is 1. The van der Waals surface area contributed by atoms with E-state index in [-0.39, 0.29) is 16.3 Å². The van der Waals surface area contributed by atoms with E-state index in [1.807, 2.05) is 0 Å². The first-order valence-corrected chi connectivity index (χ1v) is 7.63. The summed E-state index contributed by atoms with van der Waals surface area (Å²) in [5.74, 6) is 0.301. The molecule has 1 saturated heterocycles. The van der Waals surface area contributed by atoms with Crippen LogP contribution in [-0.4, -0.2) is 33.3 Å². The topological polar surface area (TPSA) is 102 Å². The van der Waals surface area contributed by atoms with Gasteiger partial charge in [0, 0.05) is 19.8 Å². The fourth-order valence-corrected chi connectivity index (χ4v) is 3.07. The van der Waals surface area contributed by atoms with Crippen LogP contribution in [-0.2, 0) is 14.8 Å². The molecule has 2 rings (SSSR count). The lowest BCUT2D eigenvalue weighted by atomic mass is 10.1. The number of aromatic hydroxyl groups is 1. The van der Waals surface area contributed by atoms with Crippen LogP contribution in [0.25, 0.3) is 0 Å². The van der Waals surface area contributed by atoms with Crippen molar-refractivity contribution < 1.29 is 18.3 Å². The summed E-state index contributed by atoms with van der Waals surface area (Å²) in [6.45, 7) is 1.83. The maximum Gasteiger partial charge on any atom is 0.240 e. The fraction of sp³-hybridized carbons (Fsp3) is 0.500. The molecule has 106 valence electrons. The number of ether oxygens (including phenoxy) is 1. The highest BCUT2D eigenvalue weighted by atomic mass is 32.2. The average molecular weight is 286 g/mol. The second-order valence-corrected chi connectivity index (χ2v) is 6.40. The van der Waals surface area contributed by atoms with Gasteiger partial charge in [0.15, 0.2) is 0 Å². The molecule has 1 aromatic carbocycles. The lowest BCUT2D eigenvalue weighted by Crippen LogP contribution is -2.26. The molecule has 1 heterocycles. The zero-order chi connectivity index (χ0) is 13.9. The van der Waals surface area contributed by atoms with Crippen LogP contribution in [0.5, 0.6) is 5.75 Å². The predicted molar refractivity (Wildman–Crippen MR) is 71.3 cm³/mol. The molecule has 7 heteroatoms. The van der Waals surface area contributed by atoms with E-state index in [2.05, 4.69) is 4.72 Å². The maximum absolute atomic E-state index is 12.0. The minimum Gasteiger partial charge on any atom is -0.506 e. The van der Waals surface area contributed by atoms with Gasteiger partial charge in [0.05, 0.1) is 10.6 Å². The molecule has 1 aliphatic heterocycles. The molecule has 1 aromatic rings. The second-order valence-electron chi connectivity index (χ2n) is 4.64. The molecular formula is C12H18N2O4S. The zero-order valence-corrected chi connectivity index (χ0v) is 11.3. The molecule has 1 atom stereocenters. The van der Waals surface area contributed by atoms with Crippen molar-refractivity contribution >= 4 is 15.7 Å². The van der Waals surface area contributed by atoms with Gasteiger partial charge in [-0.1, -0.05) is 0 Å². The lowest BCUT2D eigenvalue weighted by Gasteiger charge is -2.10. The average Bonchev–Trinajstić information content (AvgIpc) is 2.85. The number of hydrogen-bond donors (Lipinski definition) is 3. The van der Waals surface area contributed by atoms with Gasteiger partial charge in [0.2, 0.25) is 10.0 Å². The highest BCUT2D eigenvalue weighted by molar-refractivity contribution is 7.89. The minimum atomic E-state index is -3.57. The van der Waals surface area contributed by atoms with E-state index in [1.165, 1.54) is 18.2 Å². The Morgan fingerprint density at radius 1 is 1.47 bits per heavy atom. The summed E-state index contributed by atoms with van der Waals surface area (Å²) < 4.78 is 31.7. The van der Waals surface area contributed by atoms with Crippen LogP contribution in [0.15, 0.2) is 23.1 Å². The van der Waals surface area contributed by atoms with E-state index >= 15 is 0 Å². The van der Waals surface area contributed by atoms with Crippen molar-refractivity contribution in [3.05, 3.63) is 18.2 Å². The number of nitrogen functional groups attached to an aromatic ring is 1. The van der Waals surface area contributed by atoms with Crippen LogP contribution in [0.4, 0.5) is 5.69 Å². The number of rotatable bonds is 5. The van der Waals surface area contributed by atoms with Crippen molar-refractivity contribution in [3.8, 4) is 5.75 Å². The largest absolute Gasteiger partial charge is 0.506 e. The van der Waals surface area contributed by atoms with Gasteiger partial charge in [-0.15, -0.1) is 0 Å². The maximum atomic E-state index is 12.0. The molecule has 0 spiro atoms. The molecule has 4 N–H and O–H groups in total. The number of sulfonamides is 1. The molecule has 0 saturated carbocycles. The Kier molecular flexibility index (Phi) is 4.28. The Morgan fingerprint density at radius 2 is 2.26 bits per heavy atom. The Labute approximate surface area is 112 Å². The van der Waals surface area contributed by atoms with E-state index in [1.54, 1.807) is 0 Å². The van der Waals surface area contributed by atoms with Crippen LogP contribution in [0.3, 0.4) is 0 Å². The molecule has 19 heavy (non-hydrogen) atoms. The van der Waals surface area contributed by atoms with Crippen molar-refractivity contribution in [1.29, 1.82) is 0 Å². The Balaban J connectivity index is 1.95. The smallest absolute Gasteiger partial charge is 0.240 e. The van der Waals surface area contributed by atoms with Gasteiger partial charge in [0.25, 0.3) is 0 Å².